The van der Waals surface area contributed by atoms with Gasteiger partial charge in [-0.1, -0.05) is 12.1 Å². The van der Waals surface area contributed by atoms with Crippen LogP contribution in [0.25, 0.3) is 10.9 Å². The van der Waals surface area contributed by atoms with E-state index in [4.69, 9.17) is 5.73 Å². The maximum Gasteiger partial charge on any atom is 0.156 e. The van der Waals surface area contributed by atoms with Crippen molar-refractivity contribution in [1.29, 1.82) is 0 Å². The highest BCUT2D eigenvalue weighted by atomic mass is 15.3. The van der Waals surface area contributed by atoms with Crippen molar-refractivity contribution < 1.29 is 0 Å². The average molecular weight is 204 g/mol. The molecular formula is C11H16N4. The van der Waals surface area contributed by atoms with Crippen LogP contribution in [0.1, 0.15) is 5.56 Å². The van der Waals surface area contributed by atoms with E-state index in [0.717, 1.165) is 17.9 Å². The third kappa shape index (κ3) is 1.68. The highest BCUT2D eigenvalue weighted by Crippen LogP contribution is 2.25. The van der Waals surface area contributed by atoms with Gasteiger partial charge in [0.2, 0.25) is 0 Å². The first-order valence-corrected chi connectivity index (χ1v) is 5.10. The first-order valence-electron chi connectivity index (χ1n) is 5.10. The molecule has 0 spiro atoms. The highest BCUT2D eigenvalue weighted by Gasteiger charge is 2.09. The fraction of sp³-hybridized carbons (Fsp3) is 0.364. The number of benzene rings is 1. The van der Waals surface area contributed by atoms with Gasteiger partial charge in [0.15, 0.2) is 5.82 Å². The Morgan fingerprint density at radius 1 is 1.47 bits per heavy atom. The minimum atomic E-state index is 0.615. The summed E-state index contributed by atoms with van der Waals surface area (Å²) in [6, 6.07) is 6.21. The Hall–Kier alpha value is -1.55. The second-order valence-corrected chi connectivity index (χ2v) is 3.66. The van der Waals surface area contributed by atoms with Crippen molar-refractivity contribution in [3.63, 3.8) is 0 Å². The Labute approximate surface area is 89.1 Å². The van der Waals surface area contributed by atoms with Gasteiger partial charge in [-0.15, -0.1) is 0 Å². The Kier molecular flexibility index (Phi) is 2.60. The van der Waals surface area contributed by atoms with Crippen molar-refractivity contribution in [1.82, 2.24) is 9.78 Å². The van der Waals surface area contributed by atoms with Crippen LogP contribution >= 0.6 is 0 Å². The summed E-state index contributed by atoms with van der Waals surface area (Å²) in [5, 5.41) is 8.87. The minimum Gasteiger partial charge on any atom is -0.367 e. The number of hydrogen-bond donors (Lipinski definition) is 2. The van der Waals surface area contributed by atoms with Crippen LogP contribution in [0, 0.1) is 6.92 Å². The van der Waals surface area contributed by atoms with Crippen LogP contribution < -0.4 is 11.1 Å². The Bertz CT molecular complexity index is 473. The molecule has 0 aliphatic rings. The predicted molar refractivity (Wildman–Crippen MR) is 63.0 cm³/mol. The van der Waals surface area contributed by atoms with Crippen LogP contribution in [0.3, 0.4) is 0 Å². The maximum absolute atomic E-state index is 5.47. The molecule has 15 heavy (non-hydrogen) atoms. The summed E-state index contributed by atoms with van der Waals surface area (Å²) < 4.78 is 1.89. The van der Waals surface area contributed by atoms with E-state index >= 15 is 0 Å². The van der Waals surface area contributed by atoms with E-state index in [0.29, 0.717) is 6.54 Å². The van der Waals surface area contributed by atoms with E-state index in [-0.39, 0.29) is 0 Å². The fourth-order valence-electron chi connectivity index (χ4n) is 1.80. The van der Waals surface area contributed by atoms with Gasteiger partial charge in [0.1, 0.15) is 0 Å². The summed E-state index contributed by atoms with van der Waals surface area (Å²) in [6.45, 7) is 3.46. The van der Waals surface area contributed by atoms with Crippen molar-refractivity contribution in [3.05, 3.63) is 23.8 Å². The molecule has 0 aliphatic heterocycles. The summed E-state index contributed by atoms with van der Waals surface area (Å²) in [5.41, 5.74) is 7.85. The molecular weight excluding hydrogens is 188 g/mol. The molecule has 1 aromatic heterocycles. The zero-order valence-corrected chi connectivity index (χ0v) is 9.12. The van der Waals surface area contributed by atoms with E-state index < -0.39 is 0 Å². The predicted octanol–water partition coefficient (Wildman–Crippen LogP) is 1.25. The van der Waals surface area contributed by atoms with Gasteiger partial charge in [-0.3, -0.25) is 4.68 Å². The van der Waals surface area contributed by atoms with Crippen molar-refractivity contribution in [2.24, 2.45) is 12.8 Å². The lowest BCUT2D eigenvalue weighted by Gasteiger charge is -2.01. The second-order valence-electron chi connectivity index (χ2n) is 3.66. The SMILES string of the molecule is Cc1cccc2c1c(NCCN)nn2C. The molecule has 0 saturated heterocycles. The molecule has 0 radical (unpaired) electrons. The van der Waals surface area contributed by atoms with Gasteiger partial charge in [0.05, 0.1) is 5.52 Å². The van der Waals surface area contributed by atoms with Crippen molar-refractivity contribution in [2.45, 2.75) is 6.92 Å². The van der Waals surface area contributed by atoms with Crippen molar-refractivity contribution >= 4 is 16.7 Å². The number of anilines is 1. The van der Waals surface area contributed by atoms with Gasteiger partial charge < -0.3 is 11.1 Å². The molecule has 2 aromatic rings. The summed E-state index contributed by atoms with van der Waals surface area (Å²) in [4.78, 5) is 0. The van der Waals surface area contributed by atoms with Crippen LogP contribution in [0.2, 0.25) is 0 Å². The second kappa shape index (κ2) is 3.90. The summed E-state index contributed by atoms with van der Waals surface area (Å²) in [5.74, 6) is 0.927. The summed E-state index contributed by atoms with van der Waals surface area (Å²) in [7, 11) is 1.95. The molecule has 0 amide bonds. The quantitative estimate of drug-likeness (QED) is 0.791. The van der Waals surface area contributed by atoms with E-state index in [1.54, 1.807) is 0 Å². The van der Waals surface area contributed by atoms with Gasteiger partial charge >= 0.3 is 0 Å². The van der Waals surface area contributed by atoms with Gasteiger partial charge in [0.25, 0.3) is 0 Å². The maximum atomic E-state index is 5.47. The fourth-order valence-corrected chi connectivity index (χ4v) is 1.80. The lowest BCUT2D eigenvalue weighted by molar-refractivity contribution is 0.796. The molecule has 0 unspecified atom stereocenters. The van der Waals surface area contributed by atoms with Gasteiger partial charge in [-0.2, -0.15) is 5.10 Å². The minimum absolute atomic E-state index is 0.615. The Morgan fingerprint density at radius 3 is 3.00 bits per heavy atom. The van der Waals surface area contributed by atoms with Crippen molar-refractivity contribution in [3.8, 4) is 0 Å². The lowest BCUT2D eigenvalue weighted by Crippen LogP contribution is -2.13. The third-order valence-corrected chi connectivity index (χ3v) is 2.52. The summed E-state index contributed by atoms with van der Waals surface area (Å²) in [6.07, 6.45) is 0. The molecule has 3 N–H and O–H groups in total. The molecule has 0 saturated carbocycles. The molecule has 4 heteroatoms. The van der Waals surface area contributed by atoms with Crippen molar-refractivity contribution in [2.75, 3.05) is 18.4 Å². The number of nitrogens with two attached hydrogens (primary N) is 1. The number of hydrogen-bond acceptors (Lipinski definition) is 3. The zero-order chi connectivity index (χ0) is 10.8. The van der Waals surface area contributed by atoms with Crippen LogP contribution in [0.5, 0.6) is 0 Å². The molecule has 1 aromatic carbocycles. The van der Waals surface area contributed by atoms with Gasteiger partial charge in [-0.25, -0.2) is 0 Å². The highest BCUT2D eigenvalue weighted by molar-refractivity contribution is 5.93. The first-order chi connectivity index (χ1) is 7.24. The smallest absolute Gasteiger partial charge is 0.156 e. The molecule has 1 heterocycles. The zero-order valence-electron chi connectivity index (χ0n) is 9.12. The number of rotatable bonds is 3. The van der Waals surface area contributed by atoms with E-state index in [1.165, 1.54) is 10.9 Å². The normalized spacial score (nSPS) is 10.9. The van der Waals surface area contributed by atoms with Crippen LogP contribution in [-0.2, 0) is 7.05 Å². The van der Waals surface area contributed by atoms with Crippen LogP contribution in [0.4, 0.5) is 5.82 Å². The largest absolute Gasteiger partial charge is 0.367 e. The number of nitrogens with zero attached hydrogens (tertiary/aromatic N) is 2. The van der Waals surface area contributed by atoms with E-state index in [2.05, 4.69) is 29.5 Å². The topological polar surface area (TPSA) is 55.9 Å². The molecule has 80 valence electrons. The first kappa shape index (κ1) is 9.98. The molecule has 0 fully saturated rings. The Balaban J connectivity index is 2.54. The monoisotopic (exact) mass is 204 g/mol. The number of fused-ring (bicyclic) bond motifs is 1. The van der Waals surface area contributed by atoms with E-state index in [1.807, 2.05) is 17.8 Å². The molecule has 4 nitrogen and oxygen atoms in total. The molecule has 0 aliphatic carbocycles. The van der Waals surface area contributed by atoms with Gasteiger partial charge in [-0.05, 0) is 18.6 Å². The lowest BCUT2D eigenvalue weighted by atomic mass is 10.1. The summed E-state index contributed by atoms with van der Waals surface area (Å²) >= 11 is 0. The third-order valence-electron chi connectivity index (χ3n) is 2.52. The Morgan fingerprint density at radius 2 is 2.27 bits per heavy atom. The number of aromatic nitrogens is 2. The molecule has 2 rings (SSSR count). The van der Waals surface area contributed by atoms with E-state index in [9.17, 15) is 0 Å². The number of nitrogens with one attached hydrogen (secondary N) is 1. The molecule has 0 atom stereocenters. The average Bonchev–Trinajstić information content (AvgIpc) is 2.55. The standard InChI is InChI=1S/C11H16N4/c1-8-4-3-5-9-10(8)11(13-7-6-12)14-15(9)2/h3-5H,6-7,12H2,1-2H3,(H,13,14). The molecule has 0 bridgehead atoms. The number of aryl methyl sites for hydroxylation is 2. The van der Waals surface area contributed by atoms with Gasteiger partial charge in [0, 0.05) is 25.5 Å². The van der Waals surface area contributed by atoms with Crippen LogP contribution in [-0.4, -0.2) is 22.9 Å². The van der Waals surface area contributed by atoms with Crippen LogP contribution in [0.15, 0.2) is 18.2 Å².